The molecule has 2 fully saturated rings. The summed E-state index contributed by atoms with van der Waals surface area (Å²) >= 11 is 0. The Morgan fingerprint density at radius 3 is 2.18 bits per heavy atom. The van der Waals surface area contributed by atoms with Crippen LogP contribution in [0.2, 0.25) is 0 Å². The molecule has 0 radical (unpaired) electrons. The summed E-state index contributed by atoms with van der Waals surface area (Å²) in [6.45, 7) is 12.3. The molecular formula is C31H43N3O4. The van der Waals surface area contributed by atoms with Gasteiger partial charge in [0.1, 0.15) is 0 Å². The topological polar surface area (TPSA) is 73.3 Å². The molecule has 0 aromatic heterocycles. The first-order chi connectivity index (χ1) is 18.3. The fourth-order valence-electron chi connectivity index (χ4n) is 6.61. The third-order valence-corrected chi connectivity index (χ3v) is 8.89. The molecular weight excluding hydrogens is 478 g/mol. The largest absolute Gasteiger partial charge is 0.389 e. The number of imide groups is 1. The van der Waals surface area contributed by atoms with Gasteiger partial charge in [0.2, 0.25) is 0 Å². The Bertz CT molecular complexity index is 1090. The van der Waals surface area contributed by atoms with Gasteiger partial charge in [-0.3, -0.25) is 24.3 Å². The van der Waals surface area contributed by atoms with Crippen molar-refractivity contribution in [2.24, 2.45) is 17.8 Å². The summed E-state index contributed by atoms with van der Waals surface area (Å²) < 4.78 is 6.27. The molecule has 206 valence electrons. The van der Waals surface area contributed by atoms with E-state index >= 15 is 0 Å². The average Bonchev–Trinajstić information content (AvgIpc) is 2.91. The minimum absolute atomic E-state index is 0.201. The molecule has 2 heterocycles. The number of hydrogen-bond donors (Lipinski definition) is 1. The number of aliphatic hydroxyl groups is 1. The van der Waals surface area contributed by atoms with Gasteiger partial charge in [-0.15, -0.1) is 0 Å². The van der Waals surface area contributed by atoms with Gasteiger partial charge in [-0.2, -0.15) is 0 Å². The lowest BCUT2D eigenvalue weighted by molar-refractivity contribution is -0.0754. The SMILES string of the molecule is CC(C)[C@@H]1CC[C@H](C)C[C@H]1OC[C@H](O)CN1CCN(CCN2C(=O)c3cccc4cccc(c34)C2=O)CC1. The van der Waals surface area contributed by atoms with Crippen LogP contribution in [0, 0.1) is 17.8 Å². The first-order valence-corrected chi connectivity index (χ1v) is 14.4. The molecule has 0 spiro atoms. The van der Waals surface area contributed by atoms with Crippen molar-refractivity contribution >= 4 is 22.6 Å². The zero-order valence-electron chi connectivity index (χ0n) is 23.1. The highest BCUT2D eigenvalue weighted by Crippen LogP contribution is 2.35. The van der Waals surface area contributed by atoms with Crippen LogP contribution in [0.3, 0.4) is 0 Å². The van der Waals surface area contributed by atoms with Crippen LogP contribution in [0.25, 0.3) is 10.8 Å². The first-order valence-electron chi connectivity index (χ1n) is 14.4. The van der Waals surface area contributed by atoms with E-state index in [1.807, 2.05) is 36.4 Å². The molecule has 5 rings (SSSR count). The minimum atomic E-state index is -0.488. The molecule has 1 N–H and O–H groups in total. The number of nitrogens with zero attached hydrogens (tertiary/aromatic N) is 3. The van der Waals surface area contributed by atoms with Crippen LogP contribution in [0.1, 0.15) is 60.7 Å². The smallest absolute Gasteiger partial charge is 0.261 e. The van der Waals surface area contributed by atoms with E-state index in [0.29, 0.717) is 55.1 Å². The Morgan fingerprint density at radius 2 is 1.55 bits per heavy atom. The lowest BCUT2D eigenvalue weighted by Gasteiger charge is -2.38. The number of piperazine rings is 1. The van der Waals surface area contributed by atoms with Gasteiger partial charge >= 0.3 is 0 Å². The van der Waals surface area contributed by atoms with Gasteiger partial charge in [-0.25, -0.2) is 0 Å². The molecule has 1 saturated heterocycles. The van der Waals surface area contributed by atoms with Gasteiger partial charge in [-0.1, -0.05) is 51.5 Å². The number of rotatable bonds is 9. The number of carbonyl (C=O) groups is 2. The zero-order chi connectivity index (χ0) is 26.8. The normalized spacial score (nSPS) is 25.9. The molecule has 1 saturated carbocycles. The summed E-state index contributed by atoms with van der Waals surface area (Å²) in [4.78, 5) is 32.3. The van der Waals surface area contributed by atoms with Crippen molar-refractivity contribution in [2.45, 2.75) is 52.2 Å². The minimum Gasteiger partial charge on any atom is -0.389 e. The number of hydrogen-bond acceptors (Lipinski definition) is 6. The second kappa shape index (κ2) is 11.8. The number of β-amino-alcohol motifs (C(OH)–C–C–N with tert-alkyl or cyclic N) is 1. The monoisotopic (exact) mass is 521 g/mol. The van der Waals surface area contributed by atoms with E-state index in [1.165, 1.54) is 17.7 Å². The van der Waals surface area contributed by atoms with Crippen LogP contribution >= 0.6 is 0 Å². The predicted octanol–water partition coefficient (Wildman–Crippen LogP) is 3.89. The molecule has 4 atom stereocenters. The molecule has 2 amide bonds. The standard InChI is InChI=1S/C31H43N3O4/c1-21(2)25-11-10-22(3)18-28(25)38-20-24(35)19-33-14-12-32(13-15-33)16-17-34-30(36)26-8-4-6-23-7-5-9-27(29(23)26)31(34)37/h4-9,21-22,24-25,28,35H,10-20H2,1-3H3/t22-,24+,25-,28+/m0/s1. The highest BCUT2D eigenvalue weighted by Gasteiger charge is 2.34. The van der Waals surface area contributed by atoms with Crippen molar-refractivity contribution in [3.8, 4) is 0 Å². The van der Waals surface area contributed by atoms with Crippen LogP contribution in [-0.2, 0) is 4.74 Å². The zero-order valence-corrected chi connectivity index (χ0v) is 23.1. The molecule has 2 aromatic rings. The maximum atomic E-state index is 13.1. The van der Waals surface area contributed by atoms with Crippen LogP contribution in [0.15, 0.2) is 36.4 Å². The Morgan fingerprint density at radius 1 is 0.921 bits per heavy atom. The lowest BCUT2D eigenvalue weighted by Crippen LogP contribution is -2.52. The van der Waals surface area contributed by atoms with Crippen LogP contribution < -0.4 is 0 Å². The Kier molecular flexibility index (Phi) is 8.48. The van der Waals surface area contributed by atoms with E-state index in [1.54, 1.807) is 0 Å². The highest BCUT2D eigenvalue weighted by molar-refractivity contribution is 6.25. The van der Waals surface area contributed by atoms with Crippen molar-refractivity contribution in [3.63, 3.8) is 0 Å². The Hall–Kier alpha value is -2.32. The Balaban J connectivity index is 1.07. The maximum absolute atomic E-state index is 13.1. The summed E-state index contributed by atoms with van der Waals surface area (Å²) in [5.41, 5.74) is 1.22. The van der Waals surface area contributed by atoms with Crippen molar-refractivity contribution in [1.29, 1.82) is 0 Å². The maximum Gasteiger partial charge on any atom is 0.261 e. The second-order valence-electron chi connectivity index (χ2n) is 12.0. The molecule has 0 unspecified atom stereocenters. The molecule has 7 heteroatoms. The lowest BCUT2D eigenvalue weighted by atomic mass is 9.75. The van der Waals surface area contributed by atoms with Crippen LogP contribution in [-0.4, -0.2) is 96.2 Å². The van der Waals surface area contributed by atoms with Crippen molar-refractivity contribution in [2.75, 3.05) is 52.4 Å². The summed E-state index contributed by atoms with van der Waals surface area (Å²) in [7, 11) is 0. The molecule has 2 aromatic carbocycles. The molecule has 3 aliphatic rings. The van der Waals surface area contributed by atoms with Gasteiger partial charge in [0.25, 0.3) is 11.8 Å². The van der Waals surface area contributed by atoms with Crippen LogP contribution in [0.5, 0.6) is 0 Å². The summed E-state index contributed by atoms with van der Waals surface area (Å²) in [6.07, 6.45) is 3.36. The van der Waals surface area contributed by atoms with E-state index < -0.39 is 6.10 Å². The molecule has 1 aliphatic carbocycles. The van der Waals surface area contributed by atoms with E-state index in [0.717, 1.165) is 43.4 Å². The number of amides is 2. The third kappa shape index (κ3) is 5.81. The number of aliphatic hydroxyl groups excluding tert-OH is 1. The van der Waals surface area contributed by atoms with Crippen molar-refractivity contribution in [1.82, 2.24) is 14.7 Å². The number of benzene rings is 2. The molecule has 0 bridgehead atoms. The predicted molar refractivity (Wildman–Crippen MR) is 149 cm³/mol. The summed E-state index contributed by atoms with van der Waals surface area (Å²) in [5, 5.41) is 12.4. The second-order valence-corrected chi connectivity index (χ2v) is 12.0. The van der Waals surface area contributed by atoms with Gasteiger partial charge < -0.3 is 9.84 Å². The van der Waals surface area contributed by atoms with Gasteiger partial charge in [0, 0.05) is 62.3 Å². The molecule has 7 nitrogen and oxygen atoms in total. The summed E-state index contributed by atoms with van der Waals surface area (Å²) in [6, 6.07) is 11.3. The number of ether oxygens (including phenoxy) is 1. The Labute approximate surface area is 226 Å². The number of carbonyl (C=O) groups excluding carboxylic acids is 2. The van der Waals surface area contributed by atoms with Crippen molar-refractivity contribution in [3.05, 3.63) is 47.5 Å². The molecule has 2 aliphatic heterocycles. The fourth-order valence-corrected chi connectivity index (χ4v) is 6.61. The van der Waals surface area contributed by atoms with E-state index in [-0.39, 0.29) is 17.9 Å². The van der Waals surface area contributed by atoms with Gasteiger partial charge in [0.15, 0.2) is 0 Å². The quantitative estimate of drug-likeness (QED) is 0.505. The van der Waals surface area contributed by atoms with E-state index in [2.05, 4.69) is 30.6 Å². The van der Waals surface area contributed by atoms with Crippen molar-refractivity contribution < 1.29 is 19.4 Å². The summed E-state index contributed by atoms with van der Waals surface area (Å²) in [5.74, 6) is 1.49. The van der Waals surface area contributed by atoms with Gasteiger partial charge in [-0.05, 0) is 48.1 Å². The molecule has 38 heavy (non-hydrogen) atoms. The van der Waals surface area contributed by atoms with Gasteiger partial charge in [0.05, 0.1) is 18.8 Å². The highest BCUT2D eigenvalue weighted by atomic mass is 16.5. The average molecular weight is 522 g/mol. The fraction of sp³-hybridized carbons (Fsp3) is 0.613. The third-order valence-electron chi connectivity index (χ3n) is 8.89. The van der Waals surface area contributed by atoms with E-state index in [4.69, 9.17) is 4.74 Å². The first kappa shape index (κ1) is 27.3. The van der Waals surface area contributed by atoms with Crippen LogP contribution in [0.4, 0.5) is 0 Å². The van der Waals surface area contributed by atoms with E-state index in [9.17, 15) is 14.7 Å².